The van der Waals surface area contributed by atoms with Gasteiger partial charge in [-0.05, 0) is 36.6 Å². The van der Waals surface area contributed by atoms with E-state index in [2.05, 4.69) is 29.8 Å². The number of nitrogens with two attached hydrogens (primary N) is 1. The largest absolute Gasteiger partial charge is 0.348 e. The summed E-state index contributed by atoms with van der Waals surface area (Å²) in [7, 11) is 0. The van der Waals surface area contributed by atoms with Crippen LogP contribution in [0.15, 0.2) is 17.5 Å². The van der Waals surface area contributed by atoms with E-state index < -0.39 is 0 Å². The Bertz CT molecular complexity index is 399. The Hall–Kier alpha value is -0.870. The molecule has 1 saturated carbocycles. The van der Waals surface area contributed by atoms with E-state index >= 15 is 0 Å². The average molecular weight is 294 g/mol. The van der Waals surface area contributed by atoms with E-state index in [4.69, 9.17) is 5.73 Å². The normalized spacial score (nSPS) is 18.9. The Kier molecular flexibility index (Phi) is 6.05. The fourth-order valence-electron chi connectivity index (χ4n) is 3.12. The molecule has 2 atom stereocenters. The van der Waals surface area contributed by atoms with E-state index in [1.165, 1.54) is 30.6 Å². The van der Waals surface area contributed by atoms with Crippen LogP contribution in [0.3, 0.4) is 0 Å². The van der Waals surface area contributed by atoms with Crippen LogP contribution in [-0.2, 0) is 4.79 Å². The number of carbonyl (C=O) groups is 1. The second-order valence-corrected chi connectivity index (χ2v) is 6.84. The molecule has 0 spiro atoms. The van der Waals surface area contributed by atoms with Gasteiger partial charge in [-0.15, -0.1) is 11.3 Å². The molecule has 3 nitrogen and oxygen atoms in total. The van der Waals surface area contributed by atoms with Crippen molar-refractivity contribution in [3.05, 3.63) is 22.4 Å². The molecule has 3 N–H and O–H groups in total. The number of amides is 1. The zero-order chi connectivity index (χ0) is 14.4. The molecule has 1 aromatic heterocycles. The van der Waals surface area contributed by atoms with Gasteiger partial charge in [-0.2, -0.15) is 0 Å². The minimum Gasteiger partial charge on any atom is -0.348 e. The van der Waals surface area contributed by atoms with Gasteiger partial charge in [-0.25, -0.2) is 0 Å². The number of nitrogens with one attached hydrogen (secondary N) is 1. The van der Waals surface area contributed by atoms with Crippen LogP contribution in [0, 0.1) is 5.92 Å². The molecule has 1 fully saturated rings. The van der Waals surface area contributed by atoms with Crippen molar-refractivity contribution in [3.63, 3.8) is 0 Å². The molecule has 1 aromatic rings. The van der Waals surface area contributed by atoms with E-state index in [-0.39, 0.29) is 18.0 Å². The fourth-order valence-corrected chi connectivity index (χ4v) is 3.99. The molecule has 2 rings (SSSR count). The maximum absolute atomic E-state index is 12.2. The summed E-state index contributed by atoms with van der Waals surface area (Å²) in [5, 5.41) is 5.33. The number of rotatable bonds is 7. The first kappa shape index (κ1) is 15.5. The summed E-state index contributed by atoms with van der Waals surface area (Å²) < 4.78 is 0. The van der Waals surface area contributed by atoms with Gasteiger partial charge in [-0.1, -0.05) is 32.3 Å². The van der Waals surface area contributed by atoms with Crippen molar-refractivity contribution in [1.29, 1.82) is 0 Å². The lowest BCUT2D eigenvalue weighted by Crippen LogP contribution is -2.36. The van der Waals surface area contributed by atoms with Crippen LogP contribution in [0.25, 0.3) is 0 Å². The van der Waals surface area contributed by atoms with Gasteiger partial charge in [0.1, 0.15) is 0 Å². The zero-order valence-corrected chi connectivity index (χ0v) is 13.1. The SMILES string of the molecule is CCCC(N)CC(=O)NC(c1cccs1)C1CCCC1. The van der Waals surface area contributed by atoms with Crippen LogP contribution in [0.4, 0.5) is 0 Å². The third-order valence-electron chi connectivity index (χ3n) is 4.14. The maximum Gasteiger partial charge on any atom is 0.222 e. The minimum absolute atomic E-state index is 0.00689. The molecule has 0 aromatic carbocycles. The first-order chi connectivity index (χ1) is 9.70. The third kappa shape index (κ3) is 4.32. The highest BCUT2D eigenvalue weighted by Gasteiger charge is 2.28. The maximum atomic E-state index is 12.2. The van der Waals surface area contributed by atoms with E-state index in [0.29, 0.717) is 12.3 Å². The highest BCUT2D eigenvalue weighted by atomic mass is 32.1. The van der Waals surface area contributed by atoms with Gasteiger partial charge in [0.2, 0.25) is 5.91 Å². The van der Waals surface area contributed by atoms with E-state index in [9.17, 15) is 4.79 Å². The highest BCUT2D eigenvalue weighted by Crippen LogP contribution is 2.37. The lowest BCUT2D eigenvalue weighted by molar-refractivity contribution is -0.122. The molecule has 1 heterocycles. The number of hydrogen-bond donors (Lipinski definition) is 2. The lowest BCUT2D eigenvalue weighted by Gasteiger charge is -2.24. The van der Waals surface area contributed by atoms with Crippen LogP contribution in [0.2, 0.25) is 0 Å². The van der Waals surface area contributed by atoms with Crippen LogP contribution in [0.5, 0.6) is 0 Å². The molecular formula is C16H26N2OS. The van der Waals surface area contributed by atoms with Gasteiger partial charge < -0.3 is 11.1 Å². The van der Waals surface area contributed by atoms with Gasteiger partial charge in [-0.3, -0.25) is 4.79 Å². The Morgan fingerprint density at radius 1 is 1.50 bits per heavy atom. The molecular weight excluding hydrogens is 268 g/mol. The highest BCUT2D eigenvalue weighted by molar-refractivity contribution is 7.10. The van der Waals surface area contributed by atoms with Gasteiger partial charge in [0.15, 0.2) is 0 Å². The average Bonchev–Trinajstić information content (AvgIpc) is 3.10. The van der Waals surface area contributed by atoms with Crippen molar-refractivity contribution in [1.82, 2.24) is 5.32 Å². The predicted octanol–water partition coefficient (Wildman–Crippen LogP) is 3.61. The second kappa shape index (κ2) is 7.79. The fraction of sp³-hybridized carbons (Fsp3) is 0.688. The summed E-state index contributed by atoms with van der Waals surface area (Å²) in [5.41, 5.74) is 5.97. The molecule has 1 aliphatic carbocycles. The predicted molar refractivity (Wildman–Crippen MR) is 84.7 cm³/mol. The minimum atomic E-state index is -0.00689. The second-order valence-electron chi connectivity index (χ2n) is 5.86. The molecule has 0 saturated heterocycles. The molecule has 20 heavy (non-hydrogen) atoms. The smallest absolute Gasteiger partial charge is 0.222 e. The van der Waals surface area contributed by atoms with Gasteiger partial charge in [0.05, 0.1) is 6.04 Å². The Labute approximate surface area is 125 Å². The number of carbonyl (C=O) groups excluding carboxylic acids is 1. The monoisotopic (exact) mass is 294 g/mol. The van der Waals surface area contributed by atoms with E-state index in [1.54, 1.807) is 11.3 Å². The van der Waals surface area contributed by atoms with Crippen molar-refractivity contribution in [2.45, 2.75) is 64.0 Å². The standard InChI is InChI=1S/C16H26N2OS/c1-2-6-13(17)11-15(19)18-16(12-7-3-4-8-12)14-9-5-10-20-14/h5,9-10,12-13,16H,2-4,6-8,11,17H2,1H3,(H,18,19). The van der Waals surface area contributed by atoms with Crippen molar-refractivity contribution in [2.24, 2.45) is 11.7 Å². The third-order valence-corrected chi connectivity index (χ3v) is 5.10. The van der Waals surface area contributed by atoms with Crippen LogP contribution in [-0.4, -0.2) is 11.9 Å². The summed E-state index contributed by atoms with van der Waals surface area (Å²) in [4.78, 5) is 13.5. The van der Waals surface area contributed by atoms with Gasteiger partial charge in [0, 0.05) is 17.3 Å². The first-order valence-electron chi connectivity index (χ1n) is 7.79. The van der Waals surface area contributed by atoms with Crippen molar-refractivity contribution in [3.8, 4) is 0 Å². The Morgan fingerprint density at radius 2 is 2.25 bits per heavy atom. The summed E-state index contributed by atoms with van der Waals surface area (Å²) in [6.45, 7) is 2.10. The van der Waals surface area contributed by atoms with Crippen LogP contribution >= 0.6 is 11.3 Å². The molecule has 0 aliphatic heterocycles. The molecule has 2 unspecified atom stereocenters. The Morgan fingerprint density at radius 3 is 2.85 bits per heavy atom. The number of hydrogen-bond acceptors (Lipinski definition) is 3. The van der Waals surface area contributed by atoms with Crippen molar-refractivity contribution < 1.29 is 4.79 Å². The summed E-state index contributed by atoms with van der Waals surface area (Å²) in [6, 6.07) is 4.39. The van der Waals surface area contributed by atoms with Crippen LogP contribution < -0.4 is 11.1 Å². The molecule has 0 bridgehead atoms. The summed E-state index contributed by atoms with van der Waals surface area (Å²) in [6.07, 6.45) is 7.43. The summed E-state index contributed by atoms with van der Waals surface area (Å²) >= 11 is 1.74. The molecule has 1 amide bonds. The molecule has 4 heteroatoms. The topological polar surface area (TPSA) is 55.1 Å². The molecule has 112 valence electrons. The van der Waals surface area contributed by atoms with Gasteiger partial charge in [0.25, 0.3) is 0 Å². The van der Waals surface area contributed by atoms with Crippen molar-refractivity contribution >= 4 is 17.2 Å². The van der Waals surface area contributed by atoms with Crippen LogP contribution in [0.1, 0.15) is 62.8 Å². The number of thiophene rings is 1. The van der Waals surface area contributed by atoms with Gasteiger partial charge >= 0.3 is 0 Å². The Balaban J connectivity index is 1.95. The van der Waals surface area contributed by atoms with E-state index in [1.807, 2.05) is 0 Å². The van der Waals surface area contributed by atoms with E-state index in [0.717, 1.165) is 12.8 Å². The zero-order valence-electron chi connectivity index (χ0n) is 12.3. The quantitative estimate of drug-likeness (QED) is 0.807. The van der Waals surface area contributed by atoms with Crippen molar-refractivity contribution in [2.75, 3.05) is 0 Å². The first-order valence-corrected chi connectivity index (χ1v) is 8.67. The summed E-state index contributed by atoms with van der Waals surface area (Å²) in [5.74, 6) is 0.705. The molecule has 1 aliphatic rings. The lowest BCUT2D eigenvalue weighted by atomic mass is 9.96. The molecule has 0 radical (unpaired) electrons.